The van der Waals surface area contributed by atoms with Crippen LogP contribution in [0.2, 0.25) is 0 Å². The minimum absolute atomic E-state index is 0.521. The van der Waals surface area contributed by atoms with Crippen LogP contribution in [0.5, 0.6) is 5.75 Å². The Morgan fingerprint density at radius 1 is 1.60 bits per heavy atom. The first kappa shape index (κ1) is 16.3. The number of carboxylic acids is 1. The van der Waals surface area contributed by atoms with Crippen LogP contribution in [0.15, 0.2) is 18.2 Å². The standard InChI is InChI=1S/C14H18N2O3S/c1-14(2,12(16)13(17)18)20-8-10-6-9(7-15)4-5-11(10)19-3/h4-6,12H,8,16H2,1-3H3,(H,17,18)/t12-/m1/s1. The molecule has 0 aliphatic rings. The van der Waals surface area contributed by atoms with Crippen molar-refractivity contribution in [1.29, 1.82) is 5.26 Å². The lowest BCUT2D eigenvalue weighted by molar-refractivity contribution is -0.139. The molecule has 108 valence electrons. The fourth-order valence-electron chi connectivity index (χ4n) is 1.61. The summed E-state index contributed by atoms with van der Waals surface area (Å²) in [5.41, 5.74) is 7.07. The lowest BCUT2D eigenvalue weighted by Crippen LogP contribution is -2.46. The van der Waals surface area contributed by atoms with Gasteiger partial charge in [-0.25, -0.2) is 0 Å². The molecule has 20 heavy (non-hydrogen) atoms. The van der Waals surface area contributed by atoms with E-state index in [1.54, 1.807) is 39.2 Å². The average Bonchev–Trinajstić information content (AvgIpc) is 2.43. The summed E-state index contributed by atoms with van der Waals surface area (Å²) < 4.78 is 4.62. The van der Waals surface area contributed by atoms with Crippen LogP contribution in [0.25, 0.3) is 0 Å². The Labute approximate surface area is 122 Å². The third-order valence-electron chi connectivity index (χ3n) is 3.02. The van der Waals surface area contributed by atoms with Crippen LogP contribution in [0.1, 0.15) is 25.0 Å². The summed E-state index contributed by atoms with van der Waals surface area (Å²) in [5.74, 6) is 0.170. The lowest BCUT2D eigenvalue weighted by atomic mass is 10.1. The molecule has 0 saturated carbocycles. The summed E-state index contributed by atoms with van der Waals surface area (Å²) in [7, 11) is 1.56. The largest absolute Gasteiger partial charge is 0.496 e. The first-order chi connectivity index (χ1) is 9.31. The molecule has 0 aromatic heterocycles. The van der Waals surface area contributed by atoms with Crippen LogP contribution in [-0.4, -0.2) is 29.0 Å². The summed E-state index contributed by atoms with van der Waals surface area (Å²) >= 11 is 1.42. The zero-order chi connectivity index (χ0) is 15.3. The lowest BCUT2D eigenvalue weighted by Gasteiger charge is -2.28. The number of benzene rings is 1. The van der Waals surface area contributed by atoms with E-state index >= 15 is 0 Å². The van der Waals surface area contributed by atoms with Gasteiger partial charge in [0.2, 0.25) is 0 Å². The smallest absolute Gasteiger partial charge is 0.321 e. The van der Waals surface area contributed by atoms with Gasteiger partial charge in [0.25, 0.3) is 0 Å². The maximum absolute atomic E-state index is 11.0. The molecule has 1 rings (SSSR count). The number of nitrogens with zero attached hydrogens (tertiary/aromatic N) is 1. The van der Waals surface area contributed by atoms with Crippen molar-refractivity contribution < 1.29 is 14.6 Å². The molecule has 3 N–H and O–H groups in total. The molecule has 1 atom stereocenters. The highest BCUT2D eigenvalue weighted by molar-refractivity contribution is 7.99. The summed E-state index contributed by atoms with van der Waals surface area (Å²) in [6, 6.07) is 6.27. The number of carboxylic acid groups (broad SMARTS) is 1. The number of rotatable bonds is 6. The third-order valence-corrected chi connectivity index (χ3v) is 4.48. The molecular formula is C14H18N2O3S. The van der Waals surface area contributed by atoms with Crippen molar-refractivity contribution in [2.45, 2.75) is 30.4 Å². The highest BCUT2D eigenvalue weighted by Gasteiger charge is 2.32. The van der Waals surface area contributed by atoms with Gasteiger partial charge in [-0.3, -0.25) is 4.79 Å². The molecule has 0 amide bonds. The van der Waals surface area contributed by atoms with Crippen molar-refractivity contribution in [3.05, 3.63) is 29.3 Å². The number of nitriles is 1. The van der Waals surface area contributed by atoms with Crippen LogP contribution >= 0.6 is 11.8 Å². The van der Waals surface area contributed by atoms with E-state index in [0.717, 1.165) is 5.56 Å². The average molecular weight is 294 g/mol. The fraction of sp³-hybridized carbons (Fsp3) is 0.429. The van der Waals surface area contributed by atoms with E-state index in [1.807, 2.05) is 0 Å². The topological polar surface area (TPSA) is 96.3 Å². The Balaban J connectivity index is 2.89. The van der Waals surface area contributed by atoms with E-state index < -0.39 is 16.8 Å². The molecule has 0 aliphatic carbocycles. The van der Waals surface area contributed by atoms with Crippen molar-refractivity contribution in [1.82, 2.24) is 0 Å². The second kappa shape index (κ2) is 6.64. The van der Waals surface area contributed by atoms with Gasteiger partial charge in [0.15, 0.2) is 0 Å². The molecule has 5 nitrogen and oxygen atoms in total. The first-order valence-corrected chi connectivity index (χ1v) is 6.99. The zero-order valence-corrected chi connectivity index (χ0v) is 12.5. The van der Waals surface area contributed by atoms with Gasteiger partial charge in [0, 0.05) is 16.1 Å². The van der Waals surface area contributed by atoms with Gasteiger partial charge in [-0.2, -0.15) is 5.26 Å². The maximum Gasteiger partial charge on any atom is 0.321 e. The van der Waals surface area contributed by atoms with Gasteiger partial charge in [-0.15, -0.1) is 11.8 Å². The third kappa shape index (κ3) is 3.89. The van der Waals surface area contributed by atoms with Crippen molar-refractivity contribution in [2.75, 3.05) is 7.11 Å². The number of carbonyl (C=O) groups is 1. The predicted molar refractivity (Wildman–Crippen MR) is 78.7 cm³/mol. The molecule has 0 heterocycles. The number of thioether (sulfide) groups is 1. The van der Waals surface area contributed by atoms with Crippen molar-refractivity contribution >= 4 is 17.7 Å². The Hall–Kier alpha value is -1.71. The van der Waals surface area contributed by atoms with Crippen LogP contribution in [0.3, 0.4) is 0 Å². The molecular weight excluding hydrogens is 276 g/mol. The minimum atomic E-state index is -1.03. The second-order valence-corrected chi connectivity index (χ2v) is 6.48. The molecule has 0 radical (unpaired) electrons. The molecule has 0 fully saturated rings. The van der Waals surface area contributed by atoms with Crippen LogP contribution in [0, 0.1) is 11.3 Å². The SMILES string of the molecule is COc1ccc(C#N)cc1CSC(C)(C)[C@H](N)C(=O)O. The number of nitrogens with two attached hydrogens (primary N) is 1. The fourth-order valence-corrected chi connectivity index (χ4v) is 2.65. The molecule has 0 unspecified atom stereocenters. The Kier molecular flexibility index (Phi) is 5.43. The van der Waals surface area contributed by atoms with Gasteiger partial charge < -0.3 is 15.6 Å². The van der Waals surface area contributed by atoms with E-state index in [1.165, 1.54) is 11.8 Å². The number of hydrogen-bond acceptors (Lipinski definition) is 5. The Bertz CT molecular complexity index is 538. The van der Waals surface area contributed by atoms with Gasteiger partial charge in [0.05, 0.1) is 18.7 Å². The van der Waals surface area contributed by atoms with Crippen molar-refractivity contribution in [2.24, 2.45) is 5.73 Å². The molecule has 6 heteroatoms. The van der Waals surface area contributed by atoms with Crippen LogP contribution in [0.4, 0.5) is 0 Å². The monoisotopic (exact) mass is 294 g/mol. The number of methoxy groups -OCH3 is 1. The zero-order valence-electron chi connectivity index (χ0n) is 11.7. The molecule has 0 bridgehead atoms. The molecule has 0 saturated heterocycles. The van der Waals surface area contributed by atoms with E-state index in [2.05, 4.69) is 6.07 Å². The number of aliphatic carboxylic acids is 1. The highest BCUT2D eigenvalue weighted by atomic mass is 32.2. The van der Waals surface area contributed by atoms with Crippen molar-refractivity contribution in [3.8, 4) is 11.8 Å². The van der Waals surface area contributed by atoms with Crippen LogP contribution in [-0.2, 0) is 10.5 Å². The summed E-state index contributed by atoms with van der Waals surface area (Å²) in [5, 5.41) is 17.9. The molecule has 0 aliphatic heterocycles. The minimum Gasteiger partial charge on any atom is -0.496 e. The van der Waals surface area contributed by atoms with Gasteiger partial charge in [0.1, 0.15) is 11.8 Å². The Morgan fingerprint density at radius 3 is 2.75 bits per heavy atom. The Morgan fingerprint density at radius 2 is 2.25 bits per heavy atom. The number of ether oxygens (including phenoxy) is 1. The first-order valence-electron chi connectivity index (χ1n) is 6.01. The van der Waals surface area contributed by atoms with Crippen LogP contribution < -0.4 is 10.5 Å². The molecule has 1 aromatic carbocycles. The highest BCUT2D eigenvalue weighted by Crippen LogP contribution is 2.33. The normalized spacial score (nSPS) is 12.6. The van der Waals surface area contributed by atoms with E-state index in [0.29, 0.717) is 17.1 Å². The number of hydrogen-bond donors (Lipinski definition) is 2. The summed E-state index contributed by atoms with van der Waals surface area (Å²) in [6.07, 6.45) is 0. The predicted octanol–water partition coefficient (Wildman–Crippen LogP) is 1.99. The second-order valence-electron chi connectivity index (χ2n) is 4.85. The van der Waals surface area contributed by atoms with E-state index in [9.17, 15) is 4.79 Å². The summed E-state index contributed by atoms with van der Waals surface area (Å²) in [6.45, 7) is 3.58. The quantitative estimate of drug-likeness (QED) is 0.833. The van der Waals surface area contributed by atoms with E-state index in [-0.39, 0.29) is 0 Å². The summed E-state index contributed by atoms with van der Waals surface area (Å²) in [4.78, 5) is 11.0. The molecule has 0 spiro atoms. The maximum atomic E-state index is 11.0. The van der Waals surface area contributed by atoms with Crippen molar-refractivity contribution in [3.63, 3.8) is 0 Å². The molecule has 1 aromatic rings. The van der Waals surface area contributed by atoms with Gasteiger partial charge in [-0.1, -0.05) is 0 Å². The van der Waals surface area contributed by atoms with E-state index in [4.69, 9.17) is 20.8 Å². The van der Waals surface area contributed by atoms with Gasteiger partial charge >= 0.3 is 5.97 Å². The van der Waals surface area contributed by atoms with Gasteiger partial charge in [-0.05, 0) is 32.0 Å².